The first-order valence-corrected chi connectivity index (χ1v) is 7.03. The molecule has 0 bridgehead atoms. The number of hydrogen-bond acceptors (Lipinski definition) is 3. The monoisotopic (exact) mass is 291 g/mol. The van der Waals surface area contributed by atoms with E-state index in [2.05, 4.69) is 26.1 Å². The summed E-state index contributed by atoms with van der Waals surface area (Å²) in [6, 6.07) is -0.249. The normalized spacial score (nSPS) is 13.8. The van der Waals surface area contributed by atoms with E-state index in [-0.39, 0.29) is 29.5 Å². The third-order valence-electron chi connectivity index (χ3n) is 2.20. The van der Waals surface area contributed by atoms with Gasteiger partial charge in [-0.05, 0) is 32.6 Å². The molecule has 19 heavy (non-hydrogen) atoms. The molecule has 0 fully saturated rings. The number of alkyl carbamates (subject to hydrolysis) is 1. The van der Waals surface area contributed by atoms with Gasteiger partial charge in [-0.2, -0.15) is 0 Å². The van der Waals surface area contributed by atoms with Gasteiger partial charge in [0.25, 0.3) is 0 Å². The molecule has 112 valence electrons. The van der Waals surface area contributed by atoms with Crippen LogP contribution in [0.15, 0.2) is 0 Å². The van der Waals surface area contributed by atoms with Crippen LogP contribution >= 0.6 is 11.6 Å². The van der Waals surface area contributed by atoms with Gasteiger partial charge in [0, 0.05) is 12.5 Å². The lowest BCUT2D eigenvalue weighted by atomic mass is 9.86. The van der Waals surface area contributed by atoms with Crippen LogP contribution in [0.4, 0.5) is 4.79 Å². The minimum atomic E-state index is -0.549. The molecular formula is C14H26ClNO3. The molecule has 0 aliphatic rings. The van der Waals surface area contributed by atoms with Gasteiger partial charge in [0.2, 0.25) is 0 Å². The predicted octanol–water partition coefficient (Wildman–Crippen LogP) is 3.51. The molecule has 4 nitrogen and oxygen atoms in total. The van der Waals surface area contributed by atoms with Gasteiger partial charge in [-0.3, -0.25) is 4.79 Å². The highest BCUT2D eigenvalue weighted by atomic mass is 35.5. The Labute approximate surface area is 121 Å². The first-order chi connectivity index (χ1) is 8.43. The number of ketones is 1. The standard InChI is InChI=1S/C14H26ClNO3/c1-13(2,3)8-10(7-11(17)9-15)16-12(18)19-14(4,5)6/h10H,7-9H2,1-6H3,(H,16,18). The Morgan fingerprint density at radius 1 is 1.16 bits per heavy atom. The molecule has 1 N–H and O–H groups in total. The fraction of sp³-hybridized carbons (Fsp3) is 0.857. The van der Waals surface area contributed by atoms with Crippen molar-refractivity contribution in [1.29, 1.82) is 0 Å². The summed E-state index contributed by atoms with van der Waals surface area (Å²) in [5, 5.41) is 2.75. The van der Waals surface area contributed by atoms with Crippen LogP contribution in [-0.4, -0.2) is 29.4 Å². The highest BCUT2D eigenvalue weighted by Crippen LogP contribution is 2.22. The number of halogens is 1. The molecule has 5 heteroatoms. The first kappa shape index (κ1) is 18.2. The van der Waals surface area contributed by atoms with Gasteiger partial charge in [0.15, 0.2) is 0 Å². The van der Waals surface area contributed by atoms with Gasteiger partial charge >= 0.3 is 6.09 Å². The quantitative estimate of drug-likeness (QED) is 0.789. The Morgan fingerprint density at radius 3 is 2.05 bits per heavy atom. The van der Waals surface area contributed by atoms with Crippen molar-refractivity contribution in [2.24, 2.45) is 5.41 Å². The summed E-state index contributed by atoms with van der Waals surface area (Å²) >= 11 is 5.52. The molecule has 0 aliphatic carbocycles. The SMILES string of the molecule is CC(C)(C)CC(CC(=O)CCl)NC(=O)OC(C)(C)C. The van der Waals surface area contributed by atoms with Gasteiger partial charge in [-0.1, -0.05) is 20.8 Å². The zero-order valence-electron chi connectivity index (χ0n) is 12.8. The van der Waals surface area contributed by atoms with Crippen molar-refractivity contribution >= 4 is 23.5 Å². The maximum Gasteiger partial charge on any atom is 0.407 e. The number of hydrogen-bond donors (Lipinski definition) is 1. The summed E-state index contributed by atoms with van der Waals surface area (Å²) in [5.74, 6) is -0.108. The third kappa shape index (κ3) is 10.8. The zero-order chi connectivity index (χ0) is 15.3. The number of amides is 1. The minimum absolute atomic E-state index is 0.00622. The number of carbonyl (C=O) groups excluding carboxylic acids is 2. The Balaban J connectivity index is 4.58. The van der Waals surface area contributed by atoms with Crippen LogP contribution in [-0.2, 0) is 9.53 Å². The molecule has 0 aromatic rings. The second kappa shape index (κ2) is 7.13. The van der Waals surface area contributed by atoms with Crippen molar-refractivity contribution in [1.82, 2.24) is 5.32 Å². The van der Waals surface area contributed by atoms with Gasteiger partial charge in [0.1, 0.15) is 11.4 Å². The molecular weight excluding hydrogens is 266 g/mol. The number of rotatable bonds is 5. The van der Waals surface area contributed by atoms with E-state index in [0.29, 0.717) is 6.42 Å². The van der Waals surface area contributed by atoms with Crippen LogP contribution in [0.3, 0.4) is 0 Å². The van der Waals surface area contributed by atoms with Gasteiger partial charge in [-0.15, -0.1) is 11.6 Å². The van der Waals surface area contributed by atoms with Crippen molar-refractivity contribution in [3.8, 4) is 0 Å². The van der Waals surface area contributed by atoms with Gasteiger partial charge in [-0.25, -0.2) is 4.79 Å². The summed E-state index contributed by atoms with van der Waals surface area (Å²) in [5.41, 5.74) is -0.543. The van der Waals surface area contributed by atoms with E-state index in [0.717, 1.165) is 0 Å². The topological polar surface area (TPSA) is 55.4 Å². The highest BCUT2D eigenvalue weighted by Gasteiger charge is 2.25. The molecule has 1 atom stereocenters. The number of carbonyl (C=O) groups is 2. The Morgan fingerprint density at radius 2 is 1.68 bits per heavy atom. The van der Waals surface area contributed by atoms with Crippen LogP contribution in [0.2, 0.25) is 0 Å². The summed E-state index contributed by atoms with van der Waals surface area (Å²) in [6.45, 7) is 11.6. The van der Waals surface area contributed by atoms with Crippen molar-refractivity contribution in [3.05, 3.63) is 0 Å². The maximum absolute atomic E-state index is 11.7. The Bertz CT molecular complexity index is 316. The summed E-state index contributed by atoms with van der Waals surface area (Å²) in [4.78, 5) is 23.2. The molecule has 1 unspecified atom stereocenters. The zero-order valence-corrected chi connectivity index (χ0v) is 13.6. The number of nitrogens with one attached hydrogen (secondary N) is 1. The fourth-order valence-corrected chi connectivity index (χ4v) is 1.83. The average molecular weight is 292 g/mol. The number of Topliss-reactive ketones (excluding diaryl/α,β-unsaturated/α-hetero) is 1. The predicted molar refractivity (Wildman–Crippen MR) is 77.6 cm³/mol. The van der Waals surface area contributed by atoms with Crippen LogP contribution < -0.4 is 5.32 Å². The summed E-state index contributed by atoms with van der Waals surface area (Å²) in [6.07, 6.45) is 0.429. The Hall–Kier alpha value is -0.770. The second-order valence-corrected chi connectivity index (χ2v) is 7.25. The van der Waals surface area contributed by atoms with E-state index >= 15 is 0 Å². The van der Waals surface area contributed by atoms with E-state index < -0.39 is 11.7 Å². The van der Waals surface area contributed by atoms with Crippen LogP contribution in [0, 0.1) is 5.41 Å². The van der Waals surface area contributed by atoms with Crippen LogP contribution in [0.25, 0.3) is 0 Å². The Kier molecular flexibility index (Phi) is 6.84. The van der Waals surface area contributed by atoms with E-state index in [4.69, 9.17) is 16.3 Å². The fourth-order valence-electron chi connectivity index (χ4n) is 1.72. The molecule has 0 aromatic carbocycles. The van der Waals surface area contributed by atoms with Gasteiger partial charge in [0.05, 0.1) is 5.88 Å². The average Bonchev–Trinajstić information content (AvgIpc) is 2.10. The van der Waals surface area contributed by atoms with Crippen LogP contribution in [0.1, 0.15) is 54.4 Å². The lowest BCUT2D eigenvalue weighted by molar-refractivity contribution is -0.117. The lowest BCUT2D eigenvalue weighted by Crippen LogP contribution is -2.42. The molecule has 0 aromatic heterocycles. The molecule has 1 amide bonds. The summed E-state index contributed by atoms with van der Waals surface area (Å²) in [7, 11) is 0. The lowest BCUT2D eigenvalue weighted by Gasteiger charge is -2.28. The van der Waals surface area contributed by atoms with Crippen LogP contribution in [0.5, 0.6) is 0 Å². The maximum atomic E-state index is 11.7. The van der Waals surface area contributed by atoms with E-state index in [1.165, 1.54) is 0 Å². The second-order valence-electron chi connectivity index (χ2n) is 6.98. The molecule has 0 saturated heterocycles. The van der Waals surface area contributed by atoms with Crippen molar-refractivity contribution in [2.45, 2.75) is 66.0 Å². The van der Waals surface area contributed by atoms with Crippen molar-refractivity contribution < 1.29 is 14.3 Å². The number of alkyl halides is 1. The minimum Gasteiger partial charge on any atom is -0.444 e. The third-order valence-corrected chi connectivity index (χ3v) is 2.50. The van der Waals surface area contributed by atoms with Crippen molar-refractivity contribution in [3.63, 3.8) is 0 Å². The van der Waals surface area contributed by atoms with E-state index in [1.807, 2.05) is 0 Å². The number of ether oxygens (including phenoxy) is 1. The van der Waals surface area contributed by atoms with Crippen molar-refractivity contribution in [2.75, 3.05) is 5.88 Å². The van der Waals surface area contributed by atoms with Gasteiger partial charge < -0.3 is 10.1 Å². The smallest absolute Gasteiger partial charge is 0.407 e. The molecule has 0 spiro atoms. The molecule has 0 rings (SSSR count). The highest BCUT2D eigenvalue weighted by molar-refractivity contribution is 6.27. The summed E-state index contributed by atoms with van der Waals surface area (Å²) < 4.78 is 5.20. The molecule has 0 aliphatic heterocycles. The van der Waals surface area contributed by atoms with E-state index in [1.54, 1.807) is 20.8 Å². The molecule has 0 saturated carbocycles. The van der Waals surface area contributed by atoms with E-state index in [9.17, 15) is 9.59 Å². The first-order valence-electron chi connectivity index (χ1n) is 6.50. The largest absolute Gasteiger partial charge is 0.444 e. The molecule has 0 heterocycles. The molecule has 0 radical (unpaired) electrons.